The van der Waals surface area contributed by atoms with Crippen molar-refractivity contribution in [1.82, 2.24) is 10.2 Å². The number of benzene rings is 2. The number of fused-ring (bicyclic) bond motifs is 1. The fraction of sp³-hybridized carbons (Fsp3) is 0.552. The van der Waals surface area contributed by atoms with Gasteiger partial charge >= 0.3 is 0 Å². The van der Waals surface area contributed by atoms with Crippen LogP contribution in [0, 0.1) is 5.92 Å². The Balaban J connectivity index is 2.01. The zero-order valence-corrected chi connectivity index (χ0v) is 24.9. The molecule has 0 bridgehead atoms. The summed E-state index contributed by atoms with van der Waals surface area (Å²) in [6.45, 7) is 7.10. The summed E-state index contributed by atoms with van der Waals surface area (Å²) in [5, 5.41) is 13.2. The first kappa shape index (κ1) is 31.7. The number of ether oxygens (including phenoxy) is 3. The molecule has 2 aromatic rings. The lowest BCUT2D eigenvalue weighted by Crippen LogP contribution is -2.47. The summed E-state index contributed by atoms with van der Waals surface area (Å²) in [5.41, 5.74) is 0.443. The van der Waals surface area contributed by atoms with E-state index in [0.717, 1.165) is 19.3 Å². The van der Waals surface area contributed by atoms with E-state index < -0.39 is 16.1 Å². The maximum absolute atomic E-state index is 14.1. The second-order valence-electron chi connectivity index (χ2n) is 10.3. The lowest BCUT2D eigenvalue weighted by Gasteiger charge is -2.34. The molecule has 222 valence electrons. The number of amides is 1. The second kappa shape index (κ2) is 14.7. The van der Waals surface area contributed by atoms with Gasteiger partial charge in [-0.25, -0.2) is 8.42 Å². The molecule has 0 saturated heterocycles. The van der Waals surface area contributed by atoms with E-state index in [-0.39, 0.29) is 46.8 Å². The van der Waals surface area contributed by atoms with Gasteiger partial charge in [-0.05, 0) is 82.6 Å². The van der Waals surface area contributed by atoms with Crippen molar-refractivity contribution in [3.63, 3.8) is 0 Å². The van der Waals surface area contributed by atoms with E-state index in [2.05, 4.69) is 10.0 Å². The maximum atomic E-state index is 14.1. The number of rotatable bonds is 8. The molecule has 3 N–H and O–H groups in total. The largest absolute Gasteiger partial charge is 0.497 e. The molecule has 10 nitrogen and oxygen atoms in total. The Morgan fingerprint density at radius 2 is 1.88 bits per heavy atom. The minimum absolute atomic E-state index is 0.0339. The molecule has 40 heavy (non-hydrogen) atoms. The van der Waals surface area contributed by atoms with Gasteiger partial charge in [0, 0.05) is 31.3 Å². The molecule has 1 heterocycles. The molecule has 0 fully saturated rings. The summed E-state index contributed by atoms with van der Waals surface area (Å²) in [5.74, 6) is 0.513. The molecule has 4 atom stereocenters. The Bertz CT molecular complexity index is 1210. The van der Waals surface area contributed by atoms with Crippen LogP contribution in [0.25, 0.3) is 0 Å². The number of hydrogen-bond acceptors (Lipinski definition) is 8. The Kier molecular flexibility index (Phi) is 11.6. The Morgan fingerprint density at radius 3 is 2.52 bits per heavy atom. The van der Waals surface area contributed by atoms with Gasteiger partial charge in [-0.15, -0.1) is 0 Å². The maximum Gasteiger partial charge on any atom is 0.261 e. The fourth-order valence-corrected chi connectivity index (χ4v) is 5.70. The Morgan fingerprint density at radius 1 is 1.15 bits per heavy atom. The molecular formula is C29H43N3O7S. The Labute approximate surface area is 238 Å². The SMILES string of the molecule is CNC[C@H]1OCCCC[C@@H](C)Oc2ccc(NS(=O)(=O)c3ccc(OC)cc3)cc2C(=O)N([C@H](C)CO)C[C@H]1C. The van der Waals surface area contributed by atoms with E-state index in [1.165, 1.54) is 25.3 Å². The molecule has 0 unspecified atom stereocenters. The standard InChI is InChI=1S/C29H43N3O7S/c1-20-18-32(21(2)19-33)29(34)26-16-23(31-40(35,36)25-12-10-24(37-5)11-13-25)9-14-27(26)39-22(3)8-6-7-15-38-28(20)17-30-4/h9-14,16,20-22,28,30-31,33H,6-8,15,17-19H2,1-5H3/t20-,21-,22-,28-/m1/s1. The van der Waals surface area contributed by atoms with Gasteiger partial charge in [-0.1, -0.05) is 6.92 Å². The molecule has 0 spiro atoms. The first-order valence-electron chi connectivity index (χ1n) is 13.7. The van der Waals surface area contributed by atoms with Gasteiger partial charge in [0.15, 0.2) is 0 Å². The quantitative estimate of drug-likeness (QED) is 0.435. The smallest absolute Gasteiger partial charge is 0.261 e. The van der Waals surface area contributed by atoms with Crippen LogP contribution in [0.4, 0.5) is 5.69 Å². The van der Waals surface area contributed by atoms with Crippen LogP contribution in [0.15, 0.2) is 47.4 Å². The Hall–Kier alpha value is -2.86. The average molecular weight is 578 g/mol. The highest BCUT2D eigenvalue weighted by atomic mass is 32.2. The lowest BCUT2D eigenvalue weighted by atomic mass is 10.0. The predicted molar refractivity (Wildman–Crippen MR) is 155 cm³/mol. The van der Waals surface area contributed by atoms with Crippen LogP contribution in [0.2, 0.25) is 0 Å². The molecule has 0 saturated carbocycles. The monoisotopic (exact) mass is 577 g/mol. The number of methoxy groups -OCH3 is 1. The minimum atomic E-state index is -3.93. The molecule has 1 aliphatic rings. The van der Waals surface area contributed by atoms with Crippen molar-refractivity contribution >= 4 is 21.6 Å². The summed E-state index contributed by atoms with van der Waals surface area (Å²) >= 11 is 0. The third-order valence-corrected chi connectivity index (χ3v) is 8.48. The third-order valence-electron chi connectivity index (χ3n) is 7.08. The van der Waals surface area contributed by atoms with Crippen LogP contribution in [0.1, 0.15) is 50.4 Å². The molecule has 1 aliphatic heterocycles. The van der Waals surface area contributed by atoms with Crippen molar-refractivity contribution in [2.45, 2.75) is 63.2 Å². The number of aliphatic hydroxyl groups excluding tert-OH is 1. The zero-order chi connectivity index (χ0) is 29.3. The van der Waals surface area contributed by atoms with Crippen LogP contribution in [-0.4, -0.2) is 83.0 Å². The van der Waals surface area contributed by atoms with Gasteiger partial charge in [-0.3, -0.25) is 9.52 Å². The first-order valence-corrected chi connectivity index (χ1v) is 15.2. The highest BCUT2D eigenvalue weighted by Crippen LogP contribution is 2.29. The highest BCUT2D eigenvalue weighted by Gasteiger charge is 2.30. The number of nitrogens with one attached hydrogen (secondary N) is 2. The van der Waals surface area contributed by atoms with Crippen molar-refractivity contribution in [1.29, 1.82) is 0 Å². The number of likely N-dealkylation sites (N-methyl/N-ethyl adjacent to an activating group) is 1. The summed E-state index contributed by atoms with van der Waals surface area (Å²) in [6, 6.07) is 10.3. The number of aliphatic hydroxyl groups is 1. The molecule has 0 aliphatic carbocycles. The predicted octanol–water partition coefficient (Wildman–Crippen LogP) is 3.51. The molecule has 0 aromatic heterocycles. The molecular weight excluding hydrogens is 534 g/mol. The van der Waals surface area contributed by atoms with Crippen molar-refractivity contribution in [3.8, 4) is 11.5 Å². The third kappa shape index (κ3) is 8.33. The van der Waals surface area contributed by atoms with Crippen LogP contribution in [-0.2, 0) is 14.8 Å². The second-order valence-corrected chi connectivity index (χ2v) is 12.0. The number of nitrogens with zero attached hydrogens (tertiary/aromatic N) is 1. The zero-order valence-electron chi connectivity index (χ0n) is 24.1. The molecule has 2 aromatic carbocycles. The summed E-state index contributed by atoms with van der Waals surface area (Å²) in [6.07, 6.45) is 2.26. The molecule has 11 heteroatoms. The average Bonchev–Trinajstić information content (AvgIpc) is 2.94. The van der Waals surface area contributed by atoms with Gasteiger partial charge in [0.05, 0.1) is 42.4 Å². The van der Waals surface area contributed by atoms with Gasteiger partial charge in [0.1, 0.15) is 11.5 Å². The van der Waals surface area contributed by atoms with Gasteiger partial charge < -0.3 is 29.5 Å². The van der Waals surface area contributed by atoms with Crippen molar-refractivity contribution < 1.29 is 32.5 Å². The summed E-state index contributed by atoms with van der Waals surface area (Å²) < 4.78 is 46.3. The van der Waals surface area contributed by atoms with Crippen molar-refractivity contribution in [2.75, 3.05) is 45.2 Å². The lowest BCUT2D eigenvalue weighted by molar-refractivity contribution is -0.000450. The number of carbonyl (C=O) groups excluding carboxylic acids is 1. The van der Waals surface area contributed by atoms with E-state index in [4.69, 9.17) is 14.2 Å². The number of anilines is 1. The highest BCUT2D eigenvalue weighted by molar-refractivity contribution is 7.92. The normalized spacial score (nSPS) is 22.0. The summed E-state index contributed by atoms with van der Waals surface area (Å²) in [7, 11) is -0.562. The van der Waals surface area contributed by atoms with Gasteiger partial charge in [0.2, 0.25) is 0 Å². The van der Waals surface area contributed by atoms with Crippen LogP contribution < -0.4 is 19.5 Å². The summed E-state index contributed by atoms with van der Waals surface area (Å²) in [4.78, 5) is 15.7. The molecule has 1 amide bonds. The number of hydrogen-bond donors (Lipinski definition) is 3. The van der Waals surface area contributed by atoms with Gasteiger partial charge in [-0.2, -0.15) is 0 Å². The topological polar surface area (TPSA) is 126 Å². The van der Waals surface area contributed by atoms with E-state index >= 15 is 0 Å². The number of sulfonamides is 1. The van der Waals surface area contributed by atoms with Crippen molar-refractivity contribution in [3.05, 3.63) is 48.0 Å². The van der Waals surface area contributed by atoms with Crippen molar-refractivity contribution in [2.24, 2.45) is 5.92 Å². The van der Waals surface area contributed by atoms with E-state index in [1.54, 1.807) is 36.1 Å². The van der Waals surface area contributed by atoms with E-state index in [0.29, 0.717) is 31.2 Å². The molecule has 0 radical (unpaired) electrons. The van der Waals surface area contributed by atoms with Crippen LogP contribution in [0.5, 0.6) is 11.5 Å². The van der Waals surface area contributed by atoms with Crippen LogP contribution in [0.3, 0.4) is 0 Å². The van der Waals surface area contributed by atoms with E-state index in [1.807, 2.05) is 20.9 Å². The van der Waals surface area contributed by atoms with Gasteiger partial charge in [0.25, 0.3) is 15.9 Å². The fourth-order valence-electron chi connectivity index (χ4n) is 4.65. The van der Waals surface area contributed by atoms with Crippen LogP contribution >= 0.6 is 0 Å². The van der Waals surface area contributed by atoms with E-state index in [9.17, 15) is 18.3 Å². The molecule has 3 rings (SSSR count). The minimum Gasteiger partial charge on any atom is -0.497 e. The number of carbonyl (C=O) groups is 1. The first-order chi connectivity index (χ1) is 19.1.